The van der Waals surface area contributed by atoms with Gasteiger partial charge in [-0.15, -0.1) is 0 Å². The monoisotopic (exact) mass is 255 g/mol. The highest BCUT2D eigenvalue weighted by Gasteiger charge is 2.05. The molecule has 1 amide bonds. The summed E-state index contributed by atoms with van der Waals surface area (Å²) in [6, 6.07) is 13.4. The third-order valence-electron chi connectivity index (χ3n) is 2.78. The number of carbonyl (C=O) groups is 1. The summed E-state index contributed by atoms with van der Waals surface area (Å²) in [4.78, 5) is 17.9. The van der Waals surface area contributed by atoms with E-state index in [1.807, 2.05) is 37.2 Å². The first-order valence-electron chi connectivity index (χ1n) is 6.12. The minimum absolute atomic E-state index is 0.157. The van der Waals surface area contributed by atoms with Gasteiger partial charge in [0.05, 0.1) is 0 Å². The normalized spacial score (nSPS) is 10.0. The number of rotatable bonds is 4. The van der Waals surface area contributed by atoms with Crippen LogP contribution in [0.4, 0.5) is 5.69 Å². The van der Waals surface area contributed by atoms with E-state index in [1.54, 1.807) is 24.4 Å². The van der Waals surface area contributed by atoms with Gasteiger partial charge in [0.25, 0.3) is 5.91 Å². The summed E-state index contributed by atoms with van der Waals surface area (Å²) in [5.41, 5.74) is 2.62. The molecule has 0 radical (unpaired) electrons. The molecule has 0 saturated heterocycles. The van der Waals surface area contributed by atoms with Gasteiger partial charge in [-0.3, -0.25) is 9.78 Å². The Morgan fingerprint density at radius 2 is 2.05 bits per heavy atom. The highest BCUT2D eigenvalue weighted by atomic mass is 16.1. The maximum Gasteiger partial charge on any atom is 0.270 e. The van der Waals surface area contributed by atoms with Crippen LogP contribution in [0.2, 0.25) is 0 Å². The molecule has 0 fully saturated rings. The fourth-order valence-electron chi connectivity index (χ4n) is 1.71. The Morgan fingerprint density at radius 3 is 2.74 bits per heavy atom. The number of hydrogen-bond donors (Lipinski definition) is 1. The molecule has 0 aliphatic heterocycles. The quantitative estimate of drug-likeness (QED) is 0.909. The Balaban J connectivity index is 1.99. The van der Waals surface area contributed by atoms with Crippen molar-refractivity contribution in [3.8, 4) is 0 Å². The van der Waals surface area contributed by atoms with Gasteiger partial charge in [-0.25, -0.2) is 0 Å². The molecule has 0 saturated carbocycles. The molecule has 0 unspecified atom stereocenters. The number of hydrogen-bond acceptors (Lipinski definition) is 3. The number of nitrogens with zero attached hydrogens (tertiary/aromatic N) is 2. The van der Waals surface area contributed by atoms with Crippen LogP contribution >= 0.6 is 0 Å². The smallest absolute Gasteiger partial charge is 0.270 e. The second-order valence-electron chi connectivity index (χ2n) is 4.46. The number of pyridine rings is 1. The molecule has 1 heterocycles. The van der Waals surface area contributed by atoms with Crippen molar-refractivity contribution in [2.75, 3.05) is 19.0 Å². The van der Waals surface area contributed by atoms with Gasteiger partial charge in [-0.2, -0.15) is 0 Å². The summed E-state index contributed by atoms with van der Waals surface area (Å²) < 4.78 is 0. The highest BCUT2D eigenvalue weighted by Crippen LogP contribution is 2.13. The second kappa shape index (κ2) is 6.00. The van der Waals surface area contributed by atoms with Crippen LogP contribution in [0.3, 0.4) is 0 Å². The maximum absolute atomic E-state index is 11.9. The van der Waals surface area contributed by atoms with E-state index in [-0.39, 0.29) is 5.91 Å². The van der Waals surface area contributed by atoms with Gasteiger partial charge in [0.1, 0.15) is 5.69 Å². The van der Waals surface area contributed by atoms with E-state index >= 15 is 0 Å². The molecule has 98 valence electrons. The summed E-state index contributed by atoms with van der Waals surface area (Å²) in [7, 11) is 3.98. The predicted octanol–water partition coefficient (Wildman–Crippen LogP) is 2.08. The molecule has 1 aromatic carbocycles. The molecule has 0 aliphatic rings. The molecule has 2 rings (SSSR count). The number of benzene rings is 1. The van der Waals surface area contributed by atoms with Crippen LogP contribution in [0.15, 0.2) is 48.7 Å². The van der Waals surface area contributed by atoms with Crippen molar-refractivity contribution in [1.29, 1.82) is 0 Å². The van der Waals surface area contributed by atoms with Gasteiger partial charge >= 0.3 is 0 Å². The molecule has 1 aromatic heterocycles. The number of nitrogens with one attached hydrogen (secondary N) is 1. The van der Waals surface area contributed by atoms with Gasteiger partial charge in [-0.1, -0.05) is 18.2 Å². The molecular weight excluding hydrogens is 238 g/mol. The first kappa shape index (κ1) is 13.1. The molecule has 0 atom stereocenters. The van der Waals surface area contributed by atoms with Crippen LogP contribution in [0.1, 0.15) is 16.1 Å². The van der Waals surface area contributed by atoms with Crippen molar-refractivity contribution in [2.24, 2.45) is 0 Å². The van der Waals surface area contributed by atoms with Crippen LogP contribution in [0.25, 0.3) is 0 Å². The molecule has 0 aliphatic carbocycles. The van der Waals surface area contributed by atoms with E-state index < -0.39 is 0 Å². The Hall–Kier alpha value is -2.36. The van der Waals surface area contributed by atoms with E-state index in [4.69, 9.17) is 0 Å². The average Bonchev–Trinajstić information content (AvgIpc) is 2.46. The highest BCUT2D eigenvalue weighted by molar-refractivity contribution is 5.92. The van der Waals surface area contributed by atoms with Crippen LogP contribution in [-0.2, 0) is 6.54 Å². The summed E-state index contributed by atoms with van der Waals surface area (Å²) in [5.74, 6) is -0.157. The summed E-state index contributed by atoms with van der Waals surface area (Å²) >= 11 is 0. The van der Waals surface area contributed by atoms with E-state index in [9.17, 15) is 4.79 Å². The fourth-order valence-corrected chi connectivity index (χ4v) is 1.71. The number of carbonyl (C=O) groups excluding carboxylic acids is 1. The van der Waals surface area contributed by atoms with Crippen molar-refractivity contribution >= 4 is 11.6 Å². The van der Waals surface area contributed by atoms with Gasteiger partial charge in [-0.05, 0) is 29.8 Å². The predicted molar refractivity (Wildman–Crippen MR) is 76.2 cm³/mol. The first-order chi connectivity index (χ1) is 9.16. The summed E-state index contributed by atoms with van der Waals surface area (Å²) in [5, 5.41) is 2.86. The lowest BCUT2D eigenvalue weighted by atomic mass is 10.2. The molecule has 19 heavy (non-hydrogen) atoms. The van der Waals surface area contributed by atoms with E-state index in [2.05, 4.69) is 16.4 Å². The third kappa shape index (κ3) is 3.55. The lowest BCUT2D eigenvalue weighted by Gasteiger charge is -2.13. The Morgan fingerprint density at radius 1 is 1.21 bits per heavy atom. The third-order valence-corrected chi connectivity index (χ3v) is 2.78. The van der Waals surface area contributed by atoms with Crippen molar-refractivity contribution in [3.63, 3.8) is 0 Å². The maximum atomic E-state index is 11.9. The Kier molecular flexibility index (Phi) is 4.13. The lowest BCUT2D eigenvalue weighted by Crippen LogP contribution is -2.23. The van der Waals surface area contributed by atoms with E-state index in [1.165, 1.54) is 0 Å². The first-order valence-corrected chi connectivity index (χ1v) is 6.12. The molecule has 0 bridgehead atoms. The van der Waals surface area contributed by atoms with Crippen LogP contribution in [0.5, 0.6) is 0 Å². The summed E-state index contributed by atoms with van der Waals surface area (Å²) in [6.45, 7) is 0.497. The zero-order valence-corrected chi connectivity index (χ0v) is 11.1. The van der Waals surface area contributed by atoms with Crippen molar-refractivity contribution in [2.45, 2.75) is 6.54 Å². The summed E-state index contributed by atoms with van der Waals surface area (Å²) in [6.07, 6.45) is 1.61. The Bertz CT molecular complexity index is 552. The van der Waals surface area contributed by atoms with Gasteiger partial charge in [0.2, 0.25) is 0 Å². The Labute approximate surface area is 113 Å². The van der Waals surface area contributed by atoms with Gasteiger partial charge in [0, 0.05) is 32.5 Å². The van der Waals surface area contributed by atoms with Crippen LogP contribution in [0, 0.1) is 0 Å². The van der Waals surface area contributed by atoms with Crippen molar-refractivity contribution in [1.82, 2.24) is 10.3 Å². The standard InChI is InChI=1S/C15H17N3O/c1-18(2)13-7-5-6-12(10-13)11-17-15(19)14-8-3-4-9-16-14/h3-10H,11H2,1-2H3,(H,17,19). The van der Waals surface area contributed by atoms with Gasteiger partial charge < -0.3 is 10.2 Å². The number of aromatic nitrogens is 1. The molecule has 2 aromatic rings. The SMILES string of the molecule is CN(C)c1cccc(CNC(=O)c2ccccn2)c1. The molecule has 1 N–H and O–H groups in total. The molecule has 4 nitrogen and oxygen atoms in total. The van der Waals surface area contributed by atoms with Crippen LogP contribution in [-0.4, -0.2) is 25.0 Å². The second-order valence-corrected chi connectivity index (χ2v) is 4.46. The van der Waals surface area contributed by atoms with Gasteiger partial charge in [0.15, 0.2) is 0 Å². The van der Waals surface area contributed by atoms with Crippen LogP contribution < -0.4 is 10.2 Å². The zero-order valence-electron chi connectivity index (χ0n) is 11.1. The average molecular weight is 255 g/mol. The van der Waals surface area contributed by atoms with E-state index in [0.29, 0.717) is 12.2 Å². The fraction of sp³-hybridized carbons (Fsp3) is 0.200. The van der Waals surface area contributed by atoms with E-state index in [0.717, 1.165) is 11.3 Å². The number of amides is 1. The largest absolute Gasteiger partial charge is 0.378 e. The minimum atomic E-state index is -0.157. The van der Waals surface area contributed by atoms with Crippen molar-refractivity contribution in [3.05, 3.63) is 59.9 Å². The topological polar surface area (TPSA) is 45.2 Å². The molecular formula is C15H17N3O. The lowest BCUT2D eigenvalue weighted by molar-refractivity contribution is 0.0946. The van der Waals surface area contributed by atoms with Crippen molar-refractivity contribution < 1.29 is 4.79 Å². The zero-order chi connectivity index (χ0) is 13.7. The molecule has 0 spiro atoms. The molecule has 4 heteroatoms. The minimum Gasteiger partial charge on any atom is -0.378 e. The number of anilines is 1.